The molecule has 3 N–H and O–H groups in total. The summed E-state index contributed by atoms with van der Waals surface area (Å²) in [5.74, 6) is -0.593. The van der Waals surface area contributed by atoms with Crippen LogP contribution in [0.5, 0.6) is 0 Å². The summed E-state index contributed by atoms with van der Waals surface area (Å²) in [6, 6.07) is 13.8. The van der Waals surface area contributed by atoms with Crippen molar-refractivity contribution in [1.82, 2.24) is 10.5 Å². The van der Waals surface area contributed by atoms with Crippen LogP contribution in [-0.2, 0) is 11.2 Å². The normalized spacial score (nSPS) is 11.8. The lowest BCUT2D eigenvalue weighted by Gasteiger charge is -2.14. The maximum Gasteiger partial charge on any atom is 0.274 e. The Morgan fingerprint density at radius 3 is 2.67 bits per heavy atom. The first-order chi connectivity index (χ1) is 11.6. The summed E-state index contributed by atoms with van der Waals surface area (Å²) in [5.41, 5.74) is 6.41. The first-order valence-electron chi connectivity index (χ1n) is 7.28. The molecule has 2 heterocycles. The summed E-state index contributed by atoms with van der Waals surface area (Å²) in [7, 11) is 0. The van der Waals surface area contributed by atoms with E-state index in [9.17, 15) is 9.59 Å². The van der Waals surface area contributed by atoms with E-state index in [4.69, 9.17) is 10.3 Å². The van der Waals surface area contributed by atoms with E-state index in [0.717, 1.165) is 10.4 Å². The van der Waals surface area contributed by atoms with E-state index in [-0.39, 0.29) is 5.69 Å². The highest BCUT2D eigenvalue weighted by Crippen LogP contribution is 2.25. The van der Waals surface area contributed by atoms with Gasteiger partial charge >= 0.3 is 0 Å². The third-order valence-corrected chi connectivity index (χ3v) is 4.32. The van der Waals surface area contributed by atoms with Gasteiger partial charge in [-0.1, -0.05) is 41.6 Å². The zero-order valence-electron chi connectivity index (χ0n) is 12.6. The Kier molecular flexibility index (Phi) is 4.72. The fourth-order valence-corrected chi connectivity index (χ4v) is 2.90. The number of nitrogens with two attached hydrogens (primary N) is 1. The van der Waals surface area contributed by atoms with Gasteiger partial charge in [-0.05, 0) is 17.0 Å². The molecule has 0 radical (unpaired) electrons. The quantitative estimate of drug-likeness (QED) is 0.718. The number of nitrogens with zero attached hydrogens (tertiary/aromatic N) is 1. The van der Waals surface area contributed by atoms with Gasteiger partial charge in [0, 0.05) is 12.5 Å². The number of amides is 2. The van der Waals surface area contributed by atoms with E-state index in [1.54, 1.807) is 6.07 Å². The number of primary amides is 1. The third kappa shape index (κ3) is 3.69. The van der Waals surface area contributed by atoms with Gasteiger partial charge in [-0.15, -0.1) is 11.3 Å². The molecule has 24 heavy (non-hydrogen) atoms. The van der Waals surface area contributed by atoms with Crippen molar-refractivity contribution in [2.75, 3.05) is 0 Å². The molecule has 6 nitrogen and oxygen atoms in total. The molecule has 0 aliphatic rings. The highest BCUT2D eigenvalue weighted by atomic mass is 32.1. The fourth-order valence-electron chi connectivity index (χ4n) is 2.22. The van der Waals surface area contributed by atoms with Crippen molar-refractivity contribution >= 4 is 23.2 Å². The molecule has 1 atom stereocenters. The molecule has 0 unspecified atom stereocenters. The Bertz CT molecular complexity index is 828. The summed E-state index contributed by atoms with van der Waals surface area (Å²) in [4.78, 5) is 24.8. The summed E-state index contributed by atoms with van der Waals surface area (Å²) in [6.45, 7) is 0. The maximum absolute atomic E-state index is 12.3. The van der Waals surface area contributed by atoms with Gasteiger partial charge < -0.3 is 15.6 Å². The summed E-state index contributed by atoms with van der Waals surface area (Å²) in [5, 5.41) is 8.27. The lowest BCUT2D eigenvalue weighted by Crippen LogP contribution is -2.45. The SMILES string of the molecule is NC(=O)[C@H](Cc1ccccc1)NC(=O)c1cc(-c2cccs2)on1. The predicted octanol–water partition coefficient (Wildman–Crippen LogP) is 2.23. The highest BCUT2D eigenvalue weighted by molar-refractivity contribution is 7.13. The minimum Gasteiger partial charge on any atom is -0.368 e. The van der Waals surface area contributed by atoms with Crippen LogP contribution in [0, 0.1) is 0 Å². The lowest BCUT2D eigenvalue weighted by atomic mass is 10.1. The van der Waals surface area contributed by atoms with Gasteiger partial charge in [0.05, 0.1) is 4.88 Å². The average molecular weight is 341 g/mol. The summed E-state index contributed by atoms with van der Waals surface area (Å²) in [6.07, 6.45) is 0.317. The maximum atomic E-state index is 12.3. The van der Waals surface area contributed by atoms with Crippen molar-refractivity contribution < 1.29 is 14.1 Å². The molecule has 0 aliphatic heterocycles. The van der Waals surface area contributed by atoms with Crippen LogP contribution in [0.2, 0.25) is 0 Å². The van der Waals surface area contributed by atoms with Crippen molar-refractivity contribution in [2.24, 2.45) is 5.73 Å². The van der Waals surface area contributed by atoms with Crippen LogP contribution in [-0.4, -0.2) is 23.0 Å². The van der Waals surface area contributed by atoms with Crippen LogP contribution >= 0.6 is 11.3 Å². The van der Waals surface area contributed by atoms with Gasteiger partial charge in [-0.3, -0.25) is 9.59 Å². The fraction of sp³-hybridized carbons (Fsp3) is 0.118. The molecule has 0 spiro atoms. The smallest absolute Gasteiger partial charge is 0.274 e. The average Bonchev–Trinajstić information content (AvgIpc) is 3.26. The predicted molar refractivity (Wildman–Crippen MR) is 90.4 cm³/mol. The molecule has 0 fully saturated rings. The van der Waals surface area contributed by atoms with Gasteiger partial charge in [0.1, 0.15) is 6.04 Å². The Labute approximate surface area is 142 Å². The molecule has 0 saturated carbocycles. The van der Waals surface area contributed by atoms with Gasteiger partial charge in [0.25, 0.3) is 5.91 Å². The van der Waals surface area contributed by atoms with Crippen molar-refractivity contribution in [3.8, 4) is 10.6 Å². The van der Waals surface area contributed by atoms with Crippen molar-refractivity contribution in [3.63, 3.8) is 0 Å². The van der Waals surface area contributed by atoms with Gasteiger partial charge in [0.2, 0.25) is 5.91 Å². The number of carbonyl (C=O) groups is 2. The van der Waals surface area contributed by atoms with E-state index in [1.165, 1.54) is 11.3 Å². The Balaban J connectivity index is 1.71. The largest absolute Gasteiger partial charge is 0.368 e. The zero-order valence-corrected chi connectivity index (χ0v) is 13.5. The standard InChI is InChI=1S/C17H15N3O3S/c18-16(21)12(9-11-5-2-1-3-6-11)19-17(22)13-10-14(23-20-13)15-7-4-8-24-15/h1-8,10,12H,9H2,(H2,18,21)(H,19,22)/t12-/m0/s1. The number of carbonyl (C=O) groups excluding carboxylic acids is 2. The monoisotopic (exact) mass is 341 g/mol. The van der Waals surface area contributed by atoms with E-state index in [0.29, 0.717) is 12.2 Å². The highest BCUT2D eigenvalue weighted by Gasteiger charge is 2.22. The molecule has 1 aromatic carbocycles. The second kappa shape index (κ2) is 7.10. The van der Waals surface area contributed by atoms with E-state index >= 15 is 0 Å². The molecule has 0 bridgehead atoms. The van der Waals surface area contributed by atoms with E-state index < -0.39 is 17.9 Å². The van der Waals surface area contributed by atoms with Crippen LogP contribution in [0.4, 0.5) is 0 Å². The molecule has 7 heteroatoms. The number of benzene rings is 1. The molecular weight excluding hydrogens is 326 g/mol. The number of hydrogen-bond acceptors (Lipinski definition) is 5. The molecule has 0 saturated heterocycles. The lowest BCUT2D eigenvalue weighted by molar-refractivity contribution is -0.119. The minimum atomic E-state index is -0.818. The minimum absolute atomic E-state index is 0.109. The summed E-state index contributed by atoms with van der Waals surface area (Å²) < 4.78 is 5.17. The van der Waals surface area contributed by atoms with Crippen LogP contribution in [0.3, 0.4) is 0 Å². The molecule has 3 aromatic rings. The Morgan fingerprint density at radius 2 is 2.00 bits per heavy atom. The second-order valence-corrected chi connectivity index (χ2v) is 6.12. The Hall–Kier alpha value is -2.93. The molecule has 122 valence electrons. The molecule has 2 amide bonds. The van der Waals surface area contributed by atoms with Crippen LogP contribution < -0.4 is 11.1 Å². The van der Waals surface area contributed by atoms with Crippen molar-refractivity contribution in [3.05, 3.63) is 65.2 Å². The first kappa shape index (κ1) is 15.9. The van der Waals surface area contributed by atoms with Crippen LogP contribution in [0.1, 0.15) is 16.1 Å². The Morgan fingerprint density at radius 1 is 1.21 bits per heavy atom. The molecular formula is C17H15N3O3S. The van der Waals surface area contributed by atoms with E-state index in [1.807, 2.05) is 47.8 Å². The summed E-state index contributed by atoms with van der Waals surface area (Å²) >= 11 is 1.48. The van der Waals surface area contributed by atoms with Crippen molar-refractivity contribution in [2.45, 2.75) is 12.5 Å². The van der Waals surface area contributed by atoms with Gasteiger partial charge in [-0.25, -0.2) is 0 Å². The number of nitrogens with one attached hydrogen (secondary N) is 1. The zero-order chi connectivity index (χ0) is 16.9. The number of rotatable bonds is 6. The number of hydrogen-bond donors (Lipinski definition) is 2. The molecule has 2 aromatic heterocycles. The van der Waals surface area contributed by atoms with Crippen molar-refractivity contribution in [1.29, 1.82) is 0 Å². The molecule has 0 aliphatic carbocycles. The number of aromatic nitrogens is 1. The van der Waals surface area contributed by atoms with E-state index in [2.05, 4.69) is 10.5 Å². The van der Waals surface area contributed by atoms with Crippen LogP contribution in [0.15, 0.2) is 58.4 Å². The van der Waals surface area contributed by atoms with Gasteiger partial charge in [0.15, 0.2) is 11.5 Å². The first-order valence-corrected chi connectivity index (χ1v) is 8.16. The molecule has 3 rings (SSSR count). The second-order valence-electron chi connectivity index (χ2n) is 5.17. The van der Waals surface area contributed by atoms with Crippen LogP contribution in [0.25, 0.3) is 10.6 Å². The number of thiophene rings is 1. The third-order valence-electron chi connectivity index (χ3n) is 3.44. The topological polar surface area (TPSA) is 98.2 Å². The van der Waals surface area contributed by atoms with Gasteiger partial charge in [-0.2, -0.15) is 0 Å².